The highest BCUT2D eigenvalue weighted by Crippen LogP contribution is 2.21. The molecule has 1 unspecified atom stereocenters. The van der Waals surface area contributed by atoms with Gasteiger partial charge in [0.05, 0.1) is 7.11 Å². The van der Waals surface area contributed by atoms with Gasteiger partial charge in [0.1, 0.15) is 10.8 Å². The Labute approximate surface area is 133 Å². The summed E-state index contributed by atoms with van der Waals surface area (Å²) in [5, 5.41) is 12.2. The molecular weight excluding hydrogens is 300 g/mol. The van der Waals surface area contributed by atoms with E-state index in [9.17, 15) is 4.79 Å². The first-order chi connectivity index (χ1) is 10.6. The highest BCUT2D eigenvalue weighted by Gasteiger charge is 2.09. The molecule has 1 aromatic heterocycles. The third-order valence-electron chi connectivity index (χ3n) is 3.03. The van der Waals surface area contributed by atoms with Crippen LogP contribution in [0.3, 0.4) is 0 Å². The molecule has 1 heterocycles. The van der Waals surface area contributed by atoms with Crippen molar-refractivity contribution in [3.05, 3.63) is 34.8 Å². The summed E-state index contributed by atoms with van der Waals surface area (Å²) in [5.74, 6) is 0.729. The molecule has 7 heteroatoms. The van der Waals surface area contributed by atoms with E-state index in [1.54, 1.807) is 7.11 Å². The summed E-state index contributed by atoms with van der Waals surface area (Å²) in [6, 6.07) is 7.82. The number of amides is 1. The molecular formula is C15H20N4O2S. The summed E-state index contributed by atoms with van der Waals surface area (Å²) in [6.45, 7) is 1.88. The van der Waals surface area contributed by atoms with E-state index in [-0.39, 0.29) is 11.9 Å². The molecule has 0 aliphatic carbocycles. The maximum atomic E-state index is 11.7. The minimum absolute atomic E-state index is 0.0174. The predicted octanol–water partition coefficient (Wildman–Crippen LogP) is 2.20. The second kappa shape index (κ2) is 7.86. The summed E-state index contributed by atoms with van der Waals surface area (Å²) in [5.41, 5.74) is 6.72. The molecule has 22 heavy (non-hydrogen) atoms. The zero-order chi connectivity index (χ0) is 15.9. The number of carbonyl (C=O) groups is 1. The minimum atomic E-state index is -0.0821. The number of nitrogens with one attached hydrogen (secondary N) is 1. The molecule has 0 saturated heterocycles. The standard InChI is InChI=1S/C15H20N4O2S/c1-10(16)6-7-13(20)17-15-19-18-14(22-15)9-11-4-3-5-12(8-11)21-2/h3-5,8,10H,6-7,9,16H2,1-2H3,(H,17,19,20). The van der Waals surface area contributed by atoms with Crippen molar-refractivity contribution in [3.8, 4) is 5.75 Å². The third-order valence-corrected chi connectivity index (χ3v) is 3.87. The molecule has 0 bridgehead atoms. The molecule has 118 valence electrons. The van der Waals surface area contributed by atoms with Gasteiger partial charge in [0, 0.05) is 18.9 Å². The maximum Gasteiger partial charge on any atom is 0.226 e. The number of rotatable bonds is 7. The van der Waals surface area contributed by atoms with Crippen LogP contribution in [-0.2, 0) is 11.2 Å². The van der Waals surface area contributed by atoms with Crippen molar-refractivity contribution in [2.24, 2.45) is 5.73 Å². The van der Waals surface area contributed by atoms with Crippen LogP contribution in [-0.4, -0.2) is 29.3 Å². The van der Waals surface area contributed by atoms with Gasteiger partial charge in [-0.15, -0.1) is 10.2 Å². The normalized spacial score (nSPS) is 12.0. The Bertz CT molecular complexity index is 628. The van der Waals surface area contributed by atoms with Gasteiger partial charge in [0.2, 0.25) is 11.0 Å². The lowest BCUT2D eigenvalue weighted by Crippen LogP contribution is -2.19. The first-order valence-electron chi connectivity index (χ1n) is 7.07. The Kier molecular flexibility index (Phi) is 5.85. The van der Waals surface area contributed by atoms with Crippen molar-refractivity contribution in [1.29, 1.82) is 0 Å². The highest BCUT2D eigenvalue weighted by atomic mass is 32.1. The predicted molar refractivity (Wildman–Crippen MR) is 87.2 cm³/mol. The minimum Gasteiger partial charge on any atom is -0.497 e. The highest BCUT2D eigenvalue weighted by molar-refractivity contribution is 7.15. The Balaban J connectivity index is 1.92. The van der Waals surface area contributed by atoms with E-state index >= 15 is 0 Å². The zero-order valence-electron chi connectivity index (χ0n) is 12.7. The van der Waals surface area contributed by atoms with Gasteiger partial charge in [-0.05, 0) is 31.0 Å². The first kappa shape index (κ1) is 16.4. The lowest BCUT2D eigenvalue weighted by atomic mass is 10.1. The Morgan fingerprint density at radius 1 is 1.45 bits per heavy atom. The Morgan fingerprint density at radius 2 is 2.27 bits per heavy atom. The molecule has 0 saturated carbocycles. The average Bonchev–Trinajstić information content (AvgIpc) is 2.92. The number of anilines is 1. The Hall–Kier alpha value is -1.99. The van der Waals surface area contributed by atoms with Gasteiger partial charge in [0.25, 0.3) is 0 Å². The van der Waals surface area contributed by atoms with Crippen LogP contribution in [0.4, 0.5) is 5.13 Å². The second-order valence-corrected chi connectivity index (χ2v) is 6.16. The van der Waals surface area contributed by atoms with Gasteiger partial charge in [-0.25, -0.2) is 0 Å². The number of carbonyl (C=O) groups excluding carboxylic acids is 1. The van der Waals surface area contributed by atoms with Crippen LogP contribution in [0.5, 0.6) is 5.75 Å². The fourth-order valence-corrected chi connectivity index (χ4v) is 2.66. The molecule has 1 aromatic carbocycles. The van der Waals surface area contributed by atoms with Crippen molar-refractivity contribution in [3.63, 3.8) is 0 Å². The number of nitrogens with two attached hydrogens (primary N) is 1. The Morgan fingerprint density at radius 3 is 3.00 bits per heavy atom. The first-order valence-corrected chi connectivity index (χ1v) is 7.89. The van der Waals surface area contributed by atoms with Crippen LogP contribution >= 0.6 is 11.3 Å². The molecule has 0 spiro atoms. The number of hydrogen-bond acceptors (Lipinski definition) is 6. The van der Waals surface area contributed by atoms with Crippen molar-refractivity contribution in [2.75, 3.05) is 12.4 Å². The van der Waals surface area contributed by atoms with Gasteiger partial charge in [-0.1, -0.05) is 23.5 Å². The number of benzene rings is 1. The summed E-state index contributed by atoms with van der Waals surface area (Å²) < 4.78 is 5.20. The average molecular weight is 320 g/mol. The fraction of sp³-hybridized carbons (Fsp3) is 0.400. The van der Waals surface area contributed by atoms with Crippen LogP contribution in [0.25, 0.3) is 0 Å². The van der Waals surface area contributed by atoms with Crippen molar-refractivity contribution in [1.82, 2.24) is 10.2 Å². The van der Waals surface area contributed by atoms with Gasteiger partial charge < -0.3 is 15.8 Å². The van der Waals surface area contributed by atoms with E-state index in [0.717, 1.165) is 16.3 Å². The van der Waals surface area contributed by atoms with Gasteiger partial charge in [-0.2, -0.15) is 0 Å². The van der Waals surface area contributed by atoms with Crippen molar-refractivity contribution < 1.29 is 9.53 Å². The van der Waals surface area contributed by atoms with Gasteiger partial charge in [0.15, 0.2) is 0 Å². The summed E-state index contributed by atoms with van der Waals surface area (Å²) in [6.07, 6.45) is 1.70. The molecule has 6 nitrogen and oxygen atoms in total. The number of nitrogens with zero attached hydrogens (tertiary/aromatic N) is 2. The van der Waals surface area contributed by atoms with E-state index in [0.29, 0.717) is 24.4 Å². The molecule has 0 aliphatic heterocycles. The lowest BCUT2D eigenvalue weighted by Gasteiger charge is -2.03. The molecule has 0 aliphatic rings. The molecule has 2 aromatic rings. The molecule has 0 fully saturated rings. The van der Waals surface area contributed by atoms with Crippen LogP contribution in [0.1, 0.15) is 30.3 Å². The summed E-state index contributed by atoms with van der Waals surface area (Å²) in [7, 11) is 1.64. The third kappa shape index (κ3) is 5.09. The molecule has 2 rings (SSSR count). The lowest BCUT2D eigenvalue weighted by molar-refractivity contribution is -0.116. The number of methoxy groups -OCH3 is 1. The quantitative estimate of drug-likeness (QED) is 0.816. The van der Waals surface area contributed by atoms with Gasteiger partial charge >= 0.3 is 0 Å². The second-order valence-electron chi connectivity index (χ2n) is 5.09. The maximum absolute atomic E-state index is 11.7. The SMILES string of the molecule is COc1cccc(Cc2nnc(NC(=O)CCC(C)N)s2)c1. The summed E-state index contributed by atoms with van der Waals surface area (Å²) >= 11 is 1.38. The van der Waals surface area contributed by atoms with Crippen LogP contribution in [0, 0.1) is 0 Å². The topological polar surface area (TPSA) is 90.1 Å². The number of hydrogen-bond donors (Lipinski definition) is 2. The molecule has 1 amide bonds. The van der Waals surface area contributed by atoms with E-state index in [1.807, 2.05) is 31.2 Å². The largest absolute Gasteiger partial charge is 0.497 e. The smallest absolute Gasteiger partial charge is 0.226 e. The van der Waals surface area contributed by atoms with Crippen molar-refractivity contribution >= 4 is 22.4 Å². The molecule has 3 N–H and O–H groups in total. The summed E-state index contributed by atoms with van der Waals surface area (Å²) in [4.78, 5) is 11.7. The van der Waals surface area contributed by atoms with Crippen LogP contribution in [0.2, 0.25) is 0 Å². The monoisotopic (exact) mass is 320 g/mol. The van der Waals surface area contributed by atoms with Crippen molar-refractivity contribution in [2.45, 2.75) is 32.2 Å². The molecule has 1 atom stereocenters. The van der Waals surface area contributed by atoms with E-state index < -0.39 is 0 Å². The fourth-order valence-electron chi connectivity index (χ4n) is 1.87. The van der Waals surface area contributed by atoms with Crippen LogP contribution < -0.4 is 15.8 Å². The number of ether oxygens (including phenoxy) is 1. The zero-order valence-corrected chi connectivity index (χ0v) is 13.5. The van der Waals surface area contributed by atoms with Gasteiger partial charge in [-0.3, -0.25) is 4.79 Å². The van der Waals surface area contributed by atoms with E-state index in [1.165, 1.54) is 11.3 Å². The number of aromatic nitrogens is 2. The molecule has 0 radical (unpaired) electrons. The van der Waals surface area contributed by atoms with E-state index in [2.05, 4.69) is 15.5 Å². The van der Waals surface area contributed by atoms with Crippen LogP contribution in [0.15, 0.2) is 24.3 Å². The van der Waals surface area contributed by atoms with E-state index in [4.69, 9.17) is 10.5 Å².